The Morgan fingerprint density at radius 1 is 1.31 bits per heavy atom. The second kappa shape index (κ2) is 6.28. The Morgan fingerprint density at radius 2 is 2.06 bits per heavy atom. The summed E-state index contributed by atoms with van der Waals surface area (Å²) in [4.78, 5) is 2.02. The minimum absolute atomic E-state index is 0.268. The topological polar surface area (TPSA) is 12.5 Å². The van der Waals surface area contributed by atoms with Crippen LogP contribution in [0.25, 0.3) is 6.08 Å². The van der Waals surface area contributed by atoms with E-state index in [2.05, 4.69) is 0 Å². The van der Waals surface area contributed by atoms with E-state index in [1.165, 1.54) is 12.1 Å². The number of rotatable bonds is 5. The van der Waals surface area contributed by atoms with Gasteiger partial charge in [0, 0.05) is 12.6 Å². The molecule has 0 saturated carbocycles. The molecule has 0 bridgehead atoms. The zero-order chi connectivity index (χ0) is 12.0. The summed E-state index contributed by atoms with van der Waals surface area (Å²) in [5, 5.41) is 0. The van der Waals surface area contributed by atoms with Gasteiger partial charge in [-0.1, -0.05) is 12.2 Å². The van der Waals surface area contributed by atoms with Crippen molar-refractivity contribution in [3.05, 3.63) is 35.7 Å². The summed E-state index contributed by atoms with van der Waals surface area (Å²) < 4.78 is 18.7. The molecule has 1 aromatic rings. The fourth-order valence-corrected chi connectivity index (χ4v) is 1.30. The van der Waals surface area contributed by atoms with E-state index in [-0.39, 0.29) is 5.82 Å². The number of ether oxygens (including phenoxy) is 1. The lowest BCUT2D eigenvalue weighted by Crippen LogP contribution is -2.19. The SMILES string of the molecule is C/C=C/c1cc(F)cc(OCCN(C)C)c1. The van der Waals surface area contributed by atoms with Gasteiger partial charge in [0.25, 0.3) is 0 Å². The molecule has 0 spiro atoms. The molecule has 0 radical (unpaired) electrons. The van der Waals surface area contributed by atoms with Gasteiger partial charge in [0.05, 0.1) is 0 Å². The Labute approximate surface area is 96.3 Å². The Morgan fingerprint density at radius 3 is 2.69 bits per heavy atom. The molecule has 0 amide bonds. The van der Waals surface area contributed by atoms with E-state index in [9.17, 15) is 4.39 Å². The summed E-state index contributed by atoms with van der Waals surface area (Å²) in [6.07, 6.45) is 3.72. The van der Waals surface area contributed by atoms with Gasteiger partial charge in [-0.25, -0.2) is 4.39 Å². The second-order valence-electron chi connectivity index (χ2n) is 3.87. The number of benzene rings is 1. The average Bonchev–Trinajstić information content (AvgIpc) is 2.16. The van der Waals surface area contributed by atoms with Crippen molar-refractivity contribution in [2.75, 3.05) is 27.2 Å². The Bertz CT molecular complexity index is 361. The van der Waals surface area contributed by atoms with Crippen LogP contribution in [-0.4, -0.2) is 32.1 Å². The molecule has 0 aliphatic carbocycles. The molecule has 0 aliphatic rings. The summed E-state index contributed by atoms with van der Waals surface area (Å²) in [6, 6.07) is 4.72. The lowest BCUT2D eigenvalue weighted by Gasteiger charge is -2.11. The summed E-state index contributed by atoms with van der Waals surface area (Å²) in [5.41, 5.74) is 0.822. The van der Waals surface area contributed by atoms with E-state index in [4.69, 9.17) is 4.74 Å². The van der Waals surface area contributed by atoms with Crippen LogP contribution in [0.1, 0.15) is 12.5 Å². The first-order valence-electron chi connectivity index (χ1n) is 5.32. The predicted molar refractivity (Wildman–Crippen MR) is 65.2 cm³/mol. The van der Waals surface area contributed by atoms with Crippen LogP contribution in [0.15, 0.2) is 24.3 Å². The maximum atomic E-state index is 13.2. The normalized spacial score (nSPS) is 11.3. The van der Waals surface area contributed by atoms with Crippen molar-refractivity contribution in [2.45, 2.75) is 6.92 Å². The minimum Gasteiger partial charge on any atom is -0.492 e. The molecule has 88 valence electrons. The van der Waals surface area contributed by atoms with Gasteiger partial charge < -0.3 is 9.64 Å². The Balaban J connectivity index is 2.65. The molecule has 0 aromatic heterocycles. The fraction of sp³-hybridized carbons (Fsp3) is 0.385. The van der Waals surface area contributed by atoms with Crippen LogP contribution in [0.5, 0.6) is 5.75 Å². The van der Waals surface area contributed by atoms with Crippen molar-refractivity contribution >= 4 is 6.08 Å². The maximum Gasteiger partial charge on any atom is 0.127 e. The average molecular weight is 223 g/mol. The van der Waals surface area contributed by atoms with Crippen molar-refractivity contribution in [3.8, 4) is 5.75 Å². The predicted octanol–water partition coefficient (Wildman–Crippen LogP) is 2.80. The smallest absolute Gasteiger partial charge is 0.127 e. The van der Waals surface area contributed by atoms with Gasteiger partial charge in [-0.3, -0.25) is 0 Å². The van der Waals surface area contributed by atoms with E-state index < -0.39 is 0 Å². The fourth-order valence-electron chi connectivity index (χ4n) is 1.30. The highest BCUT2D eigenvalue weighted by Gasteiger charge is 2.00. The highest BCUT2D eigenvalue weighted by atomic mass is 19.1. The molecular formula is C13H18FNO. The molecular weight excluding hydrogens is 205 g/mol. The third-order valence-electron chi connectivity index (χ3n) is 2.06. The van der Waals surface area contributed by atoms with Crippen LogP contribution in [0, 0.1) is 5.82 Å². The van der Waals surface area contributed by atoms with E-state index in [0.717, 1.165) is 12.1 Å². The monoisotopic (exact) mass is 223 g/mol. The van der Waals surface area contributed by atoms with Crippen LogP contribution in [0.4, 0.5) is 4.39 Å². The van der Waals surface area contributed by atoms with Crippen LogP contribution in [0.2, 0.25) is 0 Å². The summed E-state index contributed by atoms with van der Waals surface area (Å²) >= 11 is 0. The van der Waals surface area contributed by atoms with E-state index in [1.807, 2.05) is 44.1 Å². The molecule has 16 heavy (non-hydrogen) atoms. The molecule has 0 aliphatic heterocycles. The van der Waals surface area contributed by atoms with Gasteiger partial charge in [-0.15, -0.1) is 0 Å². The van der Waals surface area contributed by atoms with E-state index in [0.29, 0.717) is 12.4 Å². The third-order valence-corrected chi connectivity index (χ3v) is 2.06. The largest absolute Gasteiger partial charge is 0.492 e. The third kappa shape index (κ3) is 4.45. The molecule has 1 rings (SSSR count). The van der Waals surface area contributed by atoms with Gasteiger partial charge in [-0.05, 0) is 38.7 Å². The lowest BCUT2D eigenvalue weighted by atomic mass is 10.2. The van der Waals surface area contributed by atoms with Crippen molar-refractivity contribution in [3.63, 3.8) is 0 Å². The van der Waals surface area contributed by atoms with Crippen molar-refractivity contribution < 1.29 is 9.13 Å². The molecule has 0 unspecified atom stereocenters. The standard InChI is InChI=1S/C13H18FNO/c1-4-5-11-8-12(14)10-13(9-11)16-7-6-15(2)3/h4-5,8-10H,6-7H2,1-3H3/b5-4+. The van der Waals surface area contributed by atoms with Crippen LogP contribution < -0.4 is 4.74 Å². The molecule has 0 fully saturated rings. The zero-order valence-electron chi connectivity index (χ0n) is 10.0. The van der Waals surface area contributed by atoms with Gasteiger partial charge in [0.2, 0.25) is 0 Å². The summed E-state index contributed by atoms with van der Waals surface area (Å²) in [7, 11) is 3.94. The van der Waals surface area contributed by atoms with Crippen molar-refractivity contribution in [2.24, 2.45) is 0 Å². The first kappa shape index (κ1) is 12.7. The number of allylic oxidation sites excluding steroid dienone is 1. The summed E-state index contributed by atoms with van der Waals surface area (Å²) in [5.74, 6) is 0.311. The van der Waals surface area contributed by atoms with Gasteiger partial charge in [0.1, 0.15) is 18.2 Å². The number of hydrogen-bond donors (Lipinski definition) is 0. The minimum atomic E-state index is -0.268. The van der Waals surface area contributed by atoms with Gasteiger partial charge >= 0.3 is 0 Å². The molecule has 0 heterocycles. The Hall–Kier alpha value is -1.35. The first-order valence-corrected chi connectivity index (χ1v) is 5.32. The van der Waals surface area contributed by atoms with Gasteiger partial charge in [-0.2, -0.15) is 0 Å². The second-order valence-corrected chi connectivity index (χ2v) is 3.87. The van der Waals surface area contributed by atoms with E-state index in [1.54, 1.807) is 0 Å². The molecule has 1 aromatic carbocycles. The zero-order valence-corrected chi connectivity index (χ0v) is 10.0. The molecule has 0 N–H and O–H groups in total. The van der Waals surface area contributed by atoms with Crippen molar-refractivity contribution in [1.29, 1.82) is 0 Å². The van der Waals surface area contributed by atoms with Crippen molar-refractivity contribution in [1.82, 2.24) is 4.90 Å². The van der Waals surface area contributed by atoms with Crippen LogP contribution in [-0.2, 0) is 0 Å². The lowest BCUT2D eigenvalue weighted by molar-refractivity contribution is 0.260. The highest BCUT2D eigenvalue weighted by Crippen LogP contribution is 2.17. The van der Waals surface area contributed by atoms with Crippen LogP contribution in [0.3, 0.4) is 0 Å². The highest BCUT2D eigenvalue weighted by molar-refractivity contribution is 5.51. The molecule has 3 heteroatoms. The number of likely N-dealkylation sites (N-methyl/N-ethyl adjacent to an activating group) is 1. The Kier molecular flexibility index (Phi) is 4.99. The molecule has 0 atom stereocenters. The van der Waals surface area contributed by atoms with E-state index >= 15 is 0 Å². The van der Waals surface area contributed by atoms with Gasteiger partial charge in [0.15, 0.2) is 0 Å². The number of halogens is 1. The first-order chi connectivity index (χ1) is 7.61. The number of nitrogens with zero attached hydrogens (tertiary/aromatic N) is 1. The quantitative estimate of drug-likeness (QED) is 0.761. The summed E-state index contributed by atoms with van der Waals surface area (Å²) in [6.45, 7) is 3.28. The molecule has 2 nitrogen and oxygen atoms in total. The molecule has 0 saturated heterocycles. The number of hydrogen-bond acceptors (Lipinski definition) is 2. The van der Waals surface area contributed by atoms with Crippen LogP contribution >= 0.6 is 0 Å². The maximum absolute atomic E-state index is 13.2.